The van der Waals surface area contributed by atoms with Gasteiger partial charge in [0.25, 0.3) is 0 Å². The second kappa shape index (κ2) is 11.4. The molecule has 0 saturated heterocycles. The van der Waals surface area contributed by atoms with Crippen LogP contribution in [0, 0.1) is 0 Å². The maximum absolute atomic E-state index is 8.23. The van der Waals surface area contributed by atoms with E-state index in [9.17, 15) is 0 Å². The van der Waals surface area contributed by atoms with E-state index in [1.54, 1.807) is 7.11 Å². The number of rotatable bonds is 5. The van der Waals surface area contributed by atoms with Crippen LogP contribution >= 0.6 is 0 Å². The summed E-state index contributed by atoms with van der Waals surface area (Å²) in [5, 5.41) is 12.1. The van der Waals surface area contributed by atoms with Crippen LogP contribution in [0.1, 0.15) is 0 Å². The van der Waals surface area contributed by atoms with Crippen LogP contribution in [0.5, 0.6) is 0 Å². The van der Waals surface area contributed by atoms with Gasteiger partial charge in [-0.3, -0.25) is 0 Å². The minimum Gasteiger partial charge on any atom is -0.659 e. The number of hydrogen-bond donors (Lipinski definition) is 1. The Hall–Kier alpha value is 0.568. The number of aliphatic hydroxyl groups excluding tert-OH is 1. The summed E-state index contributed by atoms with van der Waals surface area (Å²) < 4.78 is 4.71. The molecule has 0 radical (unpaired) electrons. The predicted octanol–water partition coefficient (Wildman–Crippen LogP) is -0.00370. The topological polar surface area (TPSA) is 43.6 Å². The molecule has 0 spiro atoms. The standard InChI is InChI=1S/C5H12NO2.W/c1-8-5-3-6-2-4-7;/h7H,2-5H2,1H3;/q-1;. The summed E-state index contributed by atoms with van der Waals surface area (Å²) in [4.78, 5) is 0. The van der Waals surface area contributed by atoms with Gasteiger partial charge in [-0.25, -0.2) is 0 Å². The maximum Gasteiger partial charge on any atom is 0.0354 e. The van der Waals surface area contributed by atoms with Gasteiger partial charge in [-0.05, 0) is 0 Å². The molecule has 0 saturated carbocycles. The number of hydrogen-bond acceptors (Lipinski definition) is 2. The third-order valence-electron chi connectivity index (χ3n) is 0.712. The molecule has 0 aliphatic heterocycles. The molecule has 1 N–H and O–H groups in total. The van der Waals surface area contributed by atoms with E-state index in [1.807, 2.05) is 0 Å². The summed E-state index contributed by atoms with van der Waals surface area (Å²) in [5.41, 5.74) is 0. The molecule has 0 heterocycles. The predicted molar refractivity (Wildman–Crippen MR) is 32.1 cm³/mol. The zero-order chi connectivity index (χ0) is 6.24. The first-order chi connectivity index (χ1) is 3.91. The second-order valence-corrected chi connectivity index (χ2v) is 1.39. The summed E-state index contributed by atoms with van der Waals surface area (Å²) in [7, 11) is 1.63. The summed E-state index contributed by atoms with van der Waals surface area (Å²) in [5.74, 6) is 0. The van der Waals surface area contributed by atoms with Gasteiger partial charge in [-0.1, -0.05) is 0 Å². The Morgan fingerprint density at radius 1 is 1.44 bits per heavy atom. The zero-order valence-corrected chi connectivity index (χ0v) is 8.47. The fourth-order valence-electron chi connectivity index (χ4n) is 0.338. The molecule has 0 atom stereocenters. The van der Waals surface area contributed by atoms with Crippen LogP contribution in [-0.4, -0.2) is 38.5 Å². The molecule has 0 aliphatic carbocycles. The summed E-state index contributed by atoms with van der Waals surface area (Å²) in [6.07, 6.45) is 0. The molecule has 0 aromatic heterocycles. The molecule has 0 aromatic carbocycles. The van der Waals surface area contributed by atoms with E-state index in [-0.39, 0.29) is 27.7 Å². The van der Waals surface area contributed by atoms with Gasteiger partial charge in [0.1, 0.15) is 0 Å². The van der Waals surface area contributed by atoms with Gasteiger partial charge in [-0.2, -0.15) is 0 Å². The van der Waals surface area contributed by atoms with Crippen LogP contribution in [0.3, 0.4) is 0 Å². The first-order valence-electron chi connectivity index (χ1n) is 2.65. The Balaban J connectivity index is 0. The van der Waals surface area contributed by atoms with E-state index in [4.69, 9.17) is 9.84 Å². The summed E-state index contributed by atoms with van der Waals surface area (Å²) in [6, 6.07) is 0. The van der Waals surface area contributed by atoms with Crippen LogP contribution in [0.4, 0.5) is 0 Å². The first-order valence-corrected chi connectivity index (χ1v) is 2.65. The summed E-state index contributed by atoms with van der Waals surface area (Å²) >= 11 is 0. The Kier molecular flexibility index (Phi) is 15.5. The van der Waals surface area contributed by atoms with E-state index >= 15 is 0 Å². The Morgan fingerprint density at radius 3 is 2.56 bits per heavy atom. The van der Waals surface area contributed by atoms with Crippen molar-refractivity contribution in [2.75, 3.05) is 33.4 Å². The van der Waals surface area contributed by atoms with Gasteiger partial charge in [0.05, 0.1) is 0 Å². The van der Waals surface area contributed by atoms with Crippen molar-refractivity contribution >= 4 is 0 Å². The maximum atomic E-state index is 8.23. The molecule has 56 valence electrons. The van der Waals surface area contributed by atoms with Crippen molar-refractivity contribution in [2.45, 2.75) is 0 Å². The van der Waals surface area contributed by atoms with Gasteiger partial charge in [0.15, 0.2) is 0 Å². The third kappa shape index (κ3) is 11.9. The van der Waals surface area contributed by atoms with Crippen molar-refractivity contribution in [3.63, 3.8) is 0 Å². The molecule has 0 amide bonds. The normalized spacial score (nSPS) is 8.67. The summed E-state index contributed by atoms with van der Waals surface area (Å²) in [6.45, 7) is 2.02. The first kappa shape index (κ1) is 12.3. The molecular formula is C5H12NO2W-. The van der Waals surface area contributed by atoms with E-state index in [0.29, 0.717) is 19.7 Å². The molecule has 4 heteroatoms. The Labute approximate surface area is 70.0 Å². The molecule has 0 aromatic rings. The quantitative estimate of drug-likeness (QED) is 0.726. The zero-order valence-electron chi connectivity index (χ0n) is 5.54. The Bertz CT molecular complexity index is 39.9. The molecule has 0 rings (SSSR count). The molecule has 0 unspecified atom stereocenters. The Morgan fingerprint density at radius 2 is 2.11 bits per heavy atom. The van der Waals surface area contributed by atoms with Crippen LogP contribution in [0.2, 0.25) is 0 Å². The van der Waals surface area contributed by atoms with Crippen molar-refractivity contribution < 1.29 is 30.9 Å². The van der Waals surface area contributed by atoms with Gasteiger partial charge >= 0.3 is 0 Å². The number of methoxy groups -OCH3 is 1. The average Bonchev–Trinajstić information content (AvgIpc) is 1.81. The molecule has 0 bridgehead atoms. The minimum absolute atomic E-state index is 0. The van der Waals surface area contributed by atoms with Crippen molar-refractivity contribution in [3.05, 3.63) is 5.32 Å². The monoisotopic (exact) mass is 302 g/mol. The van der Waals surface area contributed by atoms with Gasteiger partial charge in [0, 0.05) is 41.4 Å². The van der Waals surface area contributed by atoms with Crippen LogP contribution in [0.25, 0.3) is 5.32 Å². The molecule has 0 fully saturated rings. The third-order valence-corrected chi connectivity index (χ3v) is 0.712. The van der Waals surface area contributed by atoms with Crippen molar-refractivity contribution in [1.82, 2.24) is 0 Å². The van der Waals surface area contributed by atoms with E-state index in [1.165, 1.54) is 0 Å². The largest absolute Gasteiger partial charge is 0.659 e. The van der Waals surface area contributed by atoms with Crippen molar-refractivity contribution in [2.24, 2.45) is 0 Å². The number of aliphatic hydroxyl groups is 1. The minimum atomic E-state index is 0. The van der Waals surface area contributed by atoms with Crippen LogP contribution in [-0.2, 0) is 25.8 Å². The average molecular weight is 302 g/mol. The smallest absolute Gasteiger partial charge is 0.0354 e. The van der Waals surface area contributed by atoms with Gasteiger partial charge < -0.3 is 15.2 Å². The molecule has 3 nitrogen and oxygen atoms in total. The van der Waals surface area contributed by atoms with Crippen LogP contribution in [0.15, 0.2) is 0 Å². The molecule has 0 aliphatic rings. The van der Waals surface area contributed by atoms with E-state index in [0.717, 1.165) is 0 Å². The van der Waals surface area contributed by atoms with Crippen molar-refractivity contribution in [1.29, 1.82) is 0 Å². The fraction of sp³-hybridized carbons (Fsp3) is 1.00. The molecule has 9 heavy (non-hydrogen) atoms. The van der Waals surface area contributed by atoms with Crippen molar-refractivity contribution in [3.8, 4) is 0 Å². The second-order valence-electron chi connectivity index (χ2n) is 1.39. The number of nitrogens with zero attached hydrogens (tertiary/aromatic N) is 1. The van der Waals surface area contributed by atoms with E-state index in [2.05, 4.69) is 5.32 Å². The number of ether oxygens (including phenoxy) is 1. The molecular weight excluding hydrogens is 290 g/mol. The van der Waals surface area contributed by atoms with Crippen LogP contribution < -0.4 is 0 Å². The van der Waals surface area contributed by atoms with Gasteiger partial charge in [0.2, 0.25) is 0 Å². The van der Waals surface area contributed by atoms with E-state index < -0.39 is 0 Å². The fourth-order valence-corrected chi connectivity index (χ4v) is 0.338. The SMILES string of the molecule is COCC[N-]CCO.[W]. The van der Waals surface area contributed by atoms with Gasteiger partial charge in [-0.15, -0.1) is 13.1 Å².